The summed E-state index contributed by atoms with van der Waals surface area (Å²) in [6.07, 6.45) is 1.66. The van der Waals surface area contributed by atoms with Crippen LogP contribution in [0.4, 0.5) is 0 Å². The first-order chi connectivity index (χ1) is 8.45. The van der Waals surface area contributed by atoms with Gasteiger partial charge in [0.1, 0.15) is 0 Å². The number of rotatable bonds is 4. The normalized spacial score (nSPS) is 15.9. The minimum Gasteiger partial charge on any atom is -0.519 e. The molecule has 0 bridgehead atoms. The minimum atomic E-state index is -0.0949. The van der Waals surface area contributed by atoms with E-state index in [2.05, 4.69) is 19.7 Å². The molecule has 0 aromatic heterocycles. The zero-order chi connectivity index (χ0) is 12.3. The Balaban J connectivity index is 0.000000686. The van der Waals surface area contributed by atoms with E-state index < -0.39 is 0 Å². The van der Waals surface area contributed by atoms with Gasteiger partial charge in [0.15, 0.2) is 6.29 Å². The van der Waals surface area contributed by atoms with Crippen LogP contribution in [-0.4, -0.2) is 26.1 Å². The second-order valence-electron chi connectivity index (χ2n) is 3.39. The summed E-state index contributed by atoms with van der Waals surface area (Å²) in [6, 6.07) is 10.6. The van der Waals surface area contributed by atoms with Gasteiger partial charge in [-0.1, -0.05) is 0 Å². The van der Waals surface area contributed by atoms with E-state index in [0.29, 0.717) is 6.61 Å². The van der Waals surface area contributed by atoms with Crippen LogP contribution in [0.15, 0.2) is 24.3 Å². The van der Waals surface area contributed by atoms with Gasteiger partial charge < -0.3 is 14.2 Å². The molecule has 90 valence electrons. The predicted octanol–water partition coefficient (Wildman–Crippen LogP) is 2.86. The Bertz CT molecular complexity index is 278. The van der Waals surface area contributed by atoms with Gasteiger partial charge in [-0.25, -0.2) is 0 Å². The standard InChI is InChI=1S/C12H15O3.BrH.Zn/c1-2-5-11(6-3-1)13-10-7-12-14-8-4-9-15-12;;/h1-3,5,12H,4,7-10H2;1H;/q-1;;+2/p-1. The Labute approximate surface area is 119 Å². The molecule has 1 aromatic rings. The fraction of sp³-hybridized carbons (Fsp3) is 0.500. The third-order valence-corrected chi connectivity index (χ3v) is 2.19. The maximum atomic E-state index is 5.49. The molecule has 1 fully saturated rings. The van der Waals surface area contributed by atoms with Crippen molar-refractivity contribution in [1.82, 2.24) is 0 Å². The summed E-state index contributed by atoms with van der Waals surface area (Å²) in [5.41, 5.74) is 0. The molecule has 1 aromatic carbocycles. The fourth-order valence-corrected chi connectivity index (χ4v) is 1.44. The predicted molar refractivity (Wildman–Crippen MR) is 64.6 cm³/mol. The first-order valence-electron chi connectivity index (χ1n) is 5.54. The Hall–Kier alpha value is 0.0434. The van der Waals surface area contributed by atoms with Crippen molar-refractivity contribution in [2.24, 2.45) is 0 Å². The maximum absolute atomic E-state index is 5.49. The second kappa shape index (κ2) is 10.0. The van der Waals surface area contributed by atoms with Crippen molar-refractivity contribution < 1.29 is 30.6 Å². The van der Waals surface area contributed by atoms with E-state index in [9.17, 15) is 0 Å². The van der Waals surface area contributed by atoms with Crippen molar-refractivity contribution in [1.29, 1.82) is 0 Å². The Kier molecular flexibility index (Phi) is 8.89. The van der Waals surface area contributed by atoms with E-state index in [1.165, 1.54) is 16.3 Å². The zero-order valence-electron chi connectivity index (χ0n) is 9.73. The quantitative estimate of drug-likeness (QED) is 0.616. The molecule has 1 aliphatic heterocycles. The molecule has 0 atom stereocenters. The molecular weight excluding hydrogens is 337 g/mol. The molecule has 0 N–H and O–H groups in total. The number of hydrogen-bond donors (Lipinski definition) is 0. The molecule has 0 spiro atoms. The van der Waals surface area contributed by atoms with Gasteiger partial charge in [0.05, 0.1) is 19.8 Å². The average molecular weight is 353 g/mol. The van der Waals surface area contributed by atoms with Crippen molar-refractivity contribution in [3.05, 3.63) is 30.3 Å². The summed E-state index contributed by atoms with van der Waals surface area (Å²) in [5, 5.41) is 0. The van der Waals surface area contributed by atoms with Crippen molar-refractivity contribution in [3.63, 3.8) is 0 Å². The van der Waals surface area contributed by atoms with Crippen LogP contribution in [0.5, 0.6) is 5.75 Å². The summed E-state index contributed by atoms with van der Waals surface area (Å²) in [5.74, 6) is 0.772. The molecule has 17 heavy (non-hydrogen) atoms. The molecule has 0 radical (unpaired) electrons. The molecule has 2 rings (SSSR count). The largest absolute Gasteiger partial charge is 0.519 e. The average Bonchev–Trinajstić information content (AvgIpc) is 2.43. The number of halogens is 1. The summed E-state index contributed by atoms with van der Waals surface area (Å²) in [4.78, 5) is 0. The molecule has 5 heteroatoms. The summed E-state index contributed by atoms with van der Waals surface area (Å²) in [6.45, 7) is 2.19. The molecule has 0 aliphatic carbocycles. The number of hydrogen-bond acceptors (Lipinski definition) is 3. The monoisotopic (exact) mass is 350 g/mol. The first kappa shape index (κ1) is 15.1. The van der Waals surface area contributed by atoms with Crippen LogP contribution in [0, 0.1) is 6.07 Å². The van der Waals surface area contributed by atoms with Crippen molar-refractivity contribution in [2.45, 2.75) is 19.1 Å². The summed E-state index contributed by atoms with van der Waals surface area (Å²) in [7, 11) is 0. The van der Waals surface area contributed by atoms with Crippen molar-refractivity contribution in [2.75, 3.05) is 19.8 Å². The third-order valence-electron chi connectivity index (χ3n) is 2.19. The zero-order valence-corrected chi connectivity index (χ0v) is 14.3. The fourth-order valence-electron chi connectivity index (χ4n) is 1.44. The van der Waals surface area contributed by atoms with Gasteiger partial charge in [0.25, 0.3) is 0 Å². The van der Waals surface area contributed by atoms with Crippen LogP contribution in [0.2, 0.25) is 0 Å². The van der Waals surface area contributed by atoms with Gasteiger partial charge in [-0.2, -0.15) is 18.2 Å². The smallest absolute Gasteiger partial charge is 0.160 e. The molecule has 0 unspecified atom stereocenters. The van der Waals surface area contributed by atoms with Gasteiger partial charge >= 0.3 is 30.0 Å². The molecule has 0 saturated carbocycles. The molecule has 0 amide bonds. The van der Waals surface area contributed by atoms with Crippen LogP contribution >= 0.6 is 13.6 Å². The van der Waals surface area contributed by atoms with Crippen LogP contribution in [0.25, 0.3) is 0 Å². The third kappa shape index (κ3) is 6.51. The van der Waals surface area contributed by atoms with Crippen LogP contribution in [0.3, 0.4) is 0 Å². The van der Waals surface area contributed by atoms with Crippen LogP contribution in [0.1, 0.15) is 12.8 Å². The van der Waals surface area contributed by atoms with Gasteiger partial charge in [-0.3, -0.25) is 0 Å². The number of ether oxygens (including phenoxy) is 3. The van der Waals surface area contributed by atoms with Gasteiger partial charge in [-0.15, -0.1) is 12.1 Å². The van der Waals surface area contributed by atoms with Crippen molar-refractivity contribution in [3.8, 4) is 5.75 Å². The van der Waals surface area contributed by atoms with E-state index in [1.54, 1.807) is 0 Å². The maximum Gasteiger partial charge on any atom is 0.160 e. The molecule has 1 saturated heterocycles. The SMILES string of the molecule is [Zn+][Br].[c-]1ccccc1OCCC1OCCCO1. The topological polar surface area (TPSA) is 27.7 Å². The molecular formula is C12H15BrO3Zn. The van der Waals surface area contributed by atoms with Crippen LogP contribution in [-0.2, 0) is 25.8 Å². The van der Waals surface area contributed by atoms with E-state index in [-0.39, 0.29) is 6.29 Å². The minimum absolute atomic E-state index is 0.0949. The van der Waals surface area contributed by atoms with Gasteiger partial charge in [0, 0.05) is 12.2 Å². The van der Waals surface area contributed by atoms with Gasteiger partial charge in [-0.05, 0) is 6.42 Å². The Morgan fingerprint density at radius 3 is 2.76 bits per heavy atom. The van der Waals surface area contributed by atoms with E-state index in [0.717, 1.165) is 31.8 Å². The van der Waals surface area contributed by atoms with E-state index >= 15 is 0 Å². The first-order valence-corrected chi connectivity index (χ1v) is 12.5. The molecule has 3 nitrogen and oxygen atoms in total. The summed E-state index contributed by atoms with van der Waals surface area (Å²) < 4.78 is 16.3. The van der Waals surface area contributed by atoms with Crippen LogP contribution < -0.4 is 4.74 Å². The Morgan fingerprint density at radius 1 is 1.35 bits per heavy atom. The number of benzene rings is 1. The molecule has 1 heterocycles. The number of para-hydroxylation sites is 1. The summed E-state index contributed by atoms with van der Waals surface area (Å²) >= 11 is 4.25. The second-order valence-corrected chi connectivity index (χ2v) is 3.39. The van der Waals surface area contributed by atoms with Crippen molar-refractivity contribution >= 4 is 13.6 Å². The van der Waals surface area contributed by atoms with Gasteiger partial charge in [0.2, 0.25) is 0 Å². The van der Waals surface area contributed by atoms with E-state index in [4.69, 9.17) is 14.2 Å². The van der Waals surface area contributed by atoms with E-state index in [1.807, 2.05) is 24.3 Å². The Morgan fingerprint density at radius 2 is 2.12 bits per heavy atom. The molecule has 1 aliphatic rings.